The Morgan fingerprint density at radius 1 is 1.42 bits per heavy atom. The molecule has 1 aromatic carbocycles. The second-order valence-electron chi connectivity index (χ2n) is 4.41. The summed E-state index contributed by atoms with van der Waals surface area (Å²) >= 11 is 6.15. The van der Waals surface area contributed by atoms with Gasteiger partial charge >= 0.3 is 0 Å². The van der Waals surface area contributed by atoms with E-state index in [1.807, 2.05) is 45.3 Å². The molecule has 0 aliphatic carbocycles. The van der Waals surface area contributed by atoms with E-state index in [2.05, 4.69) is 5.32 Å². The van der Waals surface area contributed by atoms with E-state index in [9.17, 15) is 4.79 Å². The molecule has 1 amide bonds. The van der Waals surface area contributed by atoms with Crippen LogP contribution >= 0.6 is 24.0 Å². The van der Waals surface area contributed by atoms with Crippen LogP contribution in [-0.2, 0) is 4.79 Å². The molecular weight excluding hydrogens is 283 g/mol. The van der Waals surface area contributed by atoms with Gasteiger partial charge in [-0.3, -0.25) is 4.79 Å². The summed E-state index contributed by atoms with van der Waals surface area (Å²) in [4.78, 5) is 13.8. The third kappa shape index (κ3) is 5.39. The van der Waals surface area contributed by atoms with Crippen molar-refractivity contribution in [1.29, 1.82) is 0 Å². The van der Waals surface area contributed by atoms with E-state index in [0.29, 0.717) is 11.4 Å². The molecule has 0 heterocycles. The monoisotopic (exact) mass is 304 g/mol. The Morgan fingerprint density at radius 2 is 2.05 bits per heavy atom. The number of hydrogen-bond donors (Lipinski definition) is 1. The number of benzene rings is 1. The molecule has 19 heavy (non-hydrogen) atoms. The highest BCUT2D eigenvalue weighted by Crippen LogP contribution is 2.26. The van der Waals surface area contributed by atoms with E-state index in [4.69, 9.17) is 11.6 Å². The number of nitrogens with one attached hydrogen (secondary N) is 1. The van der Waals surface area contributed by atoms with Crippen LogP contribution in [0.3, 0.4) is 0 Å². The lowest BCUT2D eigenvalue weighted by Crippen LogP contribution is -2.30. The van der Waals surface area contributed by atoms with Gasteiger partial charge in [0.05, 0.1) is 6.04 Å². The molecule has 1 atom stereocenters. The Labute approximate surface area is 126 Å². The predicted molar refractivity (Wildman–Crippen MR) is 83.0 cm³/mol. The number of hydrogen-bond acceptors (Lipinski definition) is 2. The molecule has 0 spiro atoms. The first-order chi connectivity index (χ1) is 8.57. The highest BCUT2D eigenvalue weighted by atomic mass is 35.5. The molecule has 1 unspecified atom stereocenters. The fourth-order valence-electron chi connectivity index (χ4n) is 1.83. The Bertz CT molecular complexity index is 399. The lowest BCUT2D eigenvalue weighted by Gasteiger charge is -2.26. The molecule has 0 radical (unpaired) electrons. The molecule has 1 rings (SSSR count). The van der Waals surface area contributed by atoms with Crippen LogP contribution in [0.15, 0.2) is 24.3 Å². The van der Waals surface area contributed by atoms with Gasteiger partial charge in [-0.25, -0.2) is 0 Å². The fourth-order valence-corrected chi connectivity index (χ4v) is 2.12. The minimum absolute atomic E-state index is 0. The van der Waals surface area contributed by atoms with E-state index in [-0.39, 0.29) is 24.4 Å². The maximum Gasteiger partial charge on any atom is 0.222 e. The van der Waals surface area contributed by atoms with Gasteiger partial charge in [-0.15, -0.1) is 12.4 Å². The van der Waals surface area contributed by atoms with Gasteiger partial charge in [0.25, 0.3) is 0 Å². The summed E-state index contributed by atoms with van der Waals surface area (Å²) in [5, 5.41) is 3.75. The summed E-state index contributed by atoms with van der Waals surface area (Å²) in [5.41, 5.74) is 0.989. The first kappa shape index (κ1) is 18.2. The zero-order valence-corrected chi connectivity index (χ0v) is 13.2. The lowest BCUT2D eigenvalue weighted by molar-refractivity contribution is -0.131. The highest BCUT2D eigenvalue weighted by molar-refractivity contribution is 6.31. The van der Waals surface area contributed by atoms with Crippen LogP contribution < -0.4 is 5.32 Å². The Morgan fingerprint density at radius 3 is 2.63 bits per heavy atom. The molecule has 0 aromatic heterocycles. The van der Waals surface area contributed by atoms with Crippen LogP contribution in [0.5, 0.6) is 0 Å². The Balaban J connectivity index is 0.00000324. The topological polar surface area (TPSA) is 32.3 Å². The molecule has 108 valence electrons. The Hall–Kier alpha value is -0.770. The maximum absolute atomic E-state index is 12.0. The van der Waals surface area contributed by atoms with Crippen LogP contribution in [0.2, 0.25) is 5.02 Å². The second kappa shape index (κ2) is 9.18. The number of amides is 1. The van der Waals surface area contributed by atoms with Crippen LogP contribution in [0.1, 0.15) is 31.4 Å². The summed E-state index contributed by atoms with van der Waals surface area (Å²) in [6, 6.07) is 7.65. The normalized spacial score (nSPS) is 11.6. The lowest BCUT2D eigenvalue weighted by atomic mass is 10.1. The minimum atomic E-state index is 0. The van der Waals surface area contributed by atoms with Gasteiger partial charge in [0.2, 0.25) is 5.91 Å². The summed E-state index contributed by atoms with van der Waals surface area (Å²) in [6.07, 6.45) is 1.42. The van der Waals surface area contributed by atoms with Crippen molar-refractivity contribution in [2.75, 3.05) is 20.6 Å². The first-order valence-corrected chi connectivity index (χ1v) is 6.60. The molecule has 0 aliphatic heterocycles. The SMILES string of the molecule is CNCCCC(=O)N(C)C(C)c1ccccc1Cl.Cl. The number of carbonyl (C=O) groups excluding carboxylic acids is 1. The third-order valence-electron chi connectivity index (χ3n) is 3.15. The quantitative estimate of drug-likeness (QED) is 0.818. The zero-order valence-electron chi connectivity index (χ0n) is 11.6. The zero-order chi connectivity index (χ0) is 13.5. The summed E-state index contributed by atoms with van der Waals surface area (Å²) < 4.78 is 0. The van der Waals surface area contributed by atoms with Crippen molar-refractivity contribution in [3.63, 3.8) is 0 Å². The standard InChI is InChI=1S/C14H21ClN2O.ClH/c1-11(12-7-4-5-8-13(12)15)17(3)14(18)9-6-10-16-2;/h4-5,7-8,11,16H,6,9-10H2,1-3H3;1H. The van der Waals surface area contributed by atoms with Crippen LogP contribution in [0.4, 0.5) is 0 Å². The number of carbonyl (C=O) groups is 1. The number of nitrogens with zero attached hydrogens (tertiary/aromatic N) is 1. The van der Waals surface area contributed by atoms with Crippen LogP contribution in [0, 0.1) is 0 Å². The van der Waals surface area contributed by atoms with Gasteiger partial charge < -0.3 is 10.2 Å². The molecule has 1 N–H and O–H groups in total. The predicted octanol–water partition coefficient (Wildman–Crippen LogP) is 3.28. The molecular formula is C14H22Cl2N2O. The van der Waals surface area contributed by atoms with E-state index >= 15 is 0 Å². The molecule has 1 aromatic rings. The molecule has 0 fully saturated rings. The number of halogens is 2. The molecule has 5 heteroatoms. The first-order valence-electron chi connectivity index (χ1n) is 6.22. The van der Waals surface area contributed by atoms with Crippen molar-refractivity contribution in [3.05, 3.63) is 34.9 Å². The van der Waals surface area contributed by atoms with Crippen molar-refractivity contribution in [3.8, 4) is 0 Å². The van der Waals surface area contributed by atoms with Crippen molar-refractivity contribution < 1.29 is 4.79 Å². The van der Waals surface area contributed by atoms with E-state index in [1.165, 1.54) is 0 Å². The molecule has 0 aliphatic rings. The van der Waals surface area contributed by atoms with Crippen LogP contribution in [-0.4, -0.2) is 31.4 Å². The highest BCUT2D eigenvalue weighted by Gasteiger charge is 2.18. The largest absolute Gasteiger partial charge is 0.339 e. The van der Waals surface area contributed by atoms with Gasteiger partial charge in [-0.1, -0.05) is 29.8 Å². The van der Waals surface area contributed by atoms with Crippen molar-refractivity contribution in [2.24, 2.45) is 0 Å². The van der Waals surface area contributed by atoms with Crippen molar-refractivity contribution in [2.45, 2.75) is 25.8 Å². The van der Waals surface area contributed by atoms with Gasteiger partial charge in [0.15, 0.2) is 0 Å². The molecule has 3 nitrogen and oxygen atoms in total. The second-order valence-corrected chi connectivity index (χ2v) is 4.82. The average Bonchev–Trinajstić information content (AvgIpc) is 2.38. The number of rotatable bonds is 6. The average molecular weight is 305 g/mol. The smallest absolute Gasteiger partial charge is 0.222 e. The van der Waals surface area contributed by atoms with E-state index < -0.39 is 0 Å². The van der Waals surface area contributed by atoms with Crippen molar-refractivity contribution in [1.82, 2.24) is 10.2 Å². The van der Waals surface area contributed by atoms with Gasteiger partial charge in [0.1, 0.15) is 0 Å². The third-order valence-corrected chi connectivity index (χ3v) is 3.49. The van der Waals surface area contributed by atoms with Crippen LogP contribution in [0.25, 0.3) is 0 Å². The molecule has 0 saturated carbocycles. The van der Waals surface area contributed by atoms with E-state index in [0.717, 1.165) is 18.5 Å². The molecule has 0 bridgehead atoms. The van der Waals surface area contributed by atoms with Gasteiger partial charge in [-0.05, 0) is 38.6 Å². The van der Waals surface area contributed by atoms with E-state index in [1.54, 1.807) is 4.90 Å². The van der Waals surface area contributed by atoms with Gasteiger partial charge in [-0.2, -0.15) is 0 Å². The van der Waals surface area contributed by atoms with Crippen molar-refractivity contribution >= 4 is 29.9 Å². The Kier molecular flexibility index (Phi) is 8.81. The molecule has 0 saturated heterocycles. The fraction of sp³-hybridized carbons (Fsp3) is 0.500. The summed E-state index contributed by atoms with van der Waals surface area (Å²) in [5.74, 6) is 0.151. The summed E-state index contributed by atoms with van der Waals surface area (Å²) in [7, 11) is 3.72. The van der Waals surface area contributed by atoms with Gasteiger partial charge in [0, 0.05) is 18.5 Å². The minimum Gasteiger partial charge on any atom is -0.339 e. The maximum atomic E-state index is 12.0. The summed E-state index contributed by atoms with van der Waals surface area (Å²) in [6.45, 7) is 2.86.